The molecule has 1 aromatic carbocycles. The predicted molar refractivity (Wildman–Crippen MR) is 125 cm³/mol. The van der Waals surface area contributed by atoms with Gasteiger partial charge in [0.25, 0.3) is 0 Å². The molecule has 4 atom stereocenters. The summed E-state index contributed by atoms with van der Waals surface area (Å²) in [6, 6.07) is 9.74. The van der Waals surface area contributed by atoms with E-state index in [2.05, 4.69) is 0 Å². The maximum atomic E-state index is 13.1. The van der Waals surface area contributed by atoms with Gasteiger partial charge in [-0.3, -0.25) is 4.79 Å². The van der Waals surface area contributed by atoms with Crippen molar-refractivity contribution >= 4 is 27.8 Å². The number of benzene rings is 1. The van der Waals surface area contributed by atoms with Crippen LogP contribution in [0.4, 0.5) is 0 Å². The maximum absolute atomic E-state index is 13.1. The summed E-state index contributed by atoms with van der Waals surface area (Å²) in [5, 5.41) is 0. The summed E-state index contributed by atoms with van der Waals surface area (Å²) < 4.78 is 45.2. The summed E-state index contributed by atoms with van der Waals surface area (Å²) in [4.78, 5) is 13.8. The minimum atomic E-state index is -3.53. The predicted octanol–water partition coefficient (Wildman–Crippen LogP) is 3.68. The Kier molecular flexibility index (Phi) is 7.10. The molecule has 2 heterocycles. The lowest BCUT2D eigenvalue weighted by atomic mass is 9.86. The van der Waals surface area contributed by atoms with E-state index in [0.29, 0.717) is 6.42 Å². The lowest BCUT2D eigenvalue weighted by molar-refractivity contribution is -0.179. The summed E-state index contributed by atoms with van der Waals surface area (Å²) in [5.41, 5.74) is -2.13. The monoisotopic (exact) mass is 485 g/mol. The Morgan fingerprint density at radius 1 is 1.16 bits per heavy atom. The molecule has 9 heteroatoms. The second-order valence-electron chi connectivity index (χ2n) is 10.4. The molecule has 180 valence electrons. The Balaban J connectivity index is 1.94. The number of nitrogens with zero attached hydrogens (tertiary/aromatic N) is 1. The number of rotatable bonds is 5. The number of methoxy groups -OCH3 is 1. The van der Waals surface area contributed by atoms with E-state index >= 15 is 0 Å². The number of fused-ring (bicyclic) bond motifs is 1. The van der Waals surface area contributed by atoms with E-state index < -0.39 is 43.4 Å². The van der Waals surface area contributed by atoms with Crippen molar-refractivity contribution < 1.29 is 27.4 Å². The Bertz CT molecular complexity index is 922. The first-order valence-corrected chi connectivity index (χ1v) is 13.2. The number of esters is 1. The van der Waals surface area contributed by atoms with E-state index in [1.807, 2.05) is 30.3 Å². The maximum Gasteiger partial charge on any atom is 0.311 e. The van der Waals surface area contributed by atoms with Crippen molar-refractivity contribution in [2.24, 2.45) is 5.41 Å². The standard InChI is InChI=1S/C23H35NO6S2/c1-21(2,3)20(25)30-18-19(31-16-11-9-8-10-12-16)29-17-15-24(14-13-23(17,18)28-7)32(26,27)22(4,5)6/h8-12,17-19H,13-15H2,1-7H3/t17-,18+,19?,23-/m1/s1. The van der Waals surface area contributed by atoms with Crippen molar-refractivity contribution in [2.75, 3.05) is 20.2 Å². The third kappa shape index (κ3) is 4.73. The minimum Gasteiger partial charge on any atom is -0.455 e. The summed E-state index contributed by atoms with van der Waals surface area (Å²) in [7, 11) is -1.95. The van der Waals surface area contributed by atoms with Gasteiger partial charge in [0, 0.05) is 25.1 Å². The summed E-state index contributed by atoms with van der Waals surface area (Å²) >= 11 is 1.46. The fourth-order valence-electron chi connectivity index (χ4n) is 3.96. The largest absolute Gasteiger partial charge is 0.455 e. The van der Waals surface area contributed by atoms with Gasteiger partial charge in [0.2, 0.25) is 10.0 Å². The van der Waals surface area contributed by atoms with Gasteiger partial charge in [0.15, 0.2) is 6.10 Å². The smallest absolute Gasteiger partial charge is 0.311 e. The quantitative estimate of drug-likeness (QED) is 0.589. The second-order valence-corrected chi connectivity index (χ2v) is 14.2. The molecule has 0 bridgehead atoms. The first kappa shape index (κ1) is 25.5. The SMILES string of the molecule is CO[C@]12CCN(S(=O)(=O)C(C)(C)C)C[C@H]1OC(Sc1ccccc1)[C@@H]2OC(=O)C(C)(C)C. The first-order valence-electron chi connectivity index (χ1n) is 10.9. The van der Waals surface area contributed by atoms with Crippen LogP contribution in [0.2, 0.25) is 0 Å². The van der Waals surface area contributed by atoms with Crippen molar-refractivity contribution in [2.45, 2.75) is 80.9 Å². The van der Waals surface area contributed by atoms with Crippen LogP contribution < -0.4 is 0 Å². The van der Waals surface area contributed by atoms with Gasteiger partial charge in [0.05, 0.1) is 10.2 Å². The van der Waals surface area contributed by atoms with Gasteiger partial charge in [-0.15, -0.1) is 0 Å². The van der Waals surface area contributed by atoms with Crippen LogP contribution in [0.3, 0.4) is 0 Å². The van der Waals surface area contributed by atoms with Crippen LogP contribution >= 0.6 is 11.8 Å². The molecule has 0 N–H and O–H groups in total. The number of thioether (sulfide) groups is 1. The average Bonchev–Trinajstić information content (AvgIpc) is 3.00. The van der Waals surface area contributed by atoms with E-state index in [-0.39, 0.29) is 19.1 Å². The van der Waals surface area contributed by atoms with E-state index in [4.69, 9.17) is 14.2 Å². The van der Waals surface area contributed by atoms with E-state index in [9.17, 15) is 13.2 Å². The molecule has 0 amide bonds. The van der Waals surface area contributed by atoms with Crippen LogP contribution in [0.25, 0.3) is 0 Å². The molecule has 0 spiro atoms. The lowest BCUT2D eigenvalue weighted by Crippen LogP contribution is -2.62. The third-order valence-electron chi connectivity index (χ3n) is 6.03. The van der Waals surface area contributed by atoms with Crippen LogP contribution in [0, 0.1) is 5.41 Å². The molecule has 2 fully saturated rings. The van der Waals surface area contributed by atoms with E-state index in [0.717, 1.165) is 4.90 Å². The highest BCUT2D eigenvalue weighted by molar-refractivity contribution is 7.99. The molecular weight excluding hydrogens is 450 g/mol. The molecule has 0 saturated carbocycles. The van der Waals surface area contributed by atoms with Crippen molar-refractivity contribution in [1.82, 2.24) is 4.31 Å². The molecule has 0 aromatic heterocycles. The fraction of sp³-hybridized carbons (Fsp3) is 0.696. The summed E-state index contributed by atoms with van der Waals surface area (Å²) in [6.07, 6.45) is -0.858. The number of hydrogen-bond donors (Lipinski definition) is 0. The van der Waals surface area contributed by atoms with Crippen LogP contribution in [0.5, 0.6) is 0 Å². The number of carbonyl (C=O) groups is 1. The van der Waals surface area contributed by atoms with Gasteiger partial charge >= 0.3 is 5.97 Å². The van der Waals surface area contributed by atoms with Crippen molar-refractivity contribution in [3.8, 4) is 0 Å². The molecule has 3 rings (SSSR count). The van der Waals surface area contributed by atoms with Crippen molar-refractivity contribution in [1.29, 1.82) is 0 Å². The van der Waals surface area contributed by atoms with E-state index in [1.54, 1.807) is 48.7 Å². The highest BCUT2D eigenvalue weighted by Gasteiger charge is 2.63. The van der Waals surface area contributed by atoms with Gasteiger partial charge in [-0.05, 0) is 60.1 Å². The molecule has 32 heavy (non-hydrogen) atoms. The molecule has 0 radical (unpaired) electrons. The number of sulfonamides is 1. The first-order chi connectivity index (χ1) is 14.7. The zero-order chi connectivity index (χ0) is 23.9. The highest BCUT2D eigenvalue weighted by atomic mass is 32.2. The average molecular weight is 486 g/mol. The molecule has 1 unspecified atom stereocenters. The molecule has 0 aliphatic carbocycles. The van der Waals surface area contributed by atoms with Crippen LogP contribution in [0.1, 0.15) is 48.0 Å². The van der Waals surface area contributed by atoms with Gasteiger partial charge in [0.1, 0.15) is 17.1 Å². The number of hydrogen-bond acceptors (Lipinski definition) is 7. The minimum absolute atomic E-state index is 0.156. The van der Waals surface area contributed by atoms with Crippen LogP contribution in [0.15, 0.2) is 35.2 Å². The van der Waals surface area contributed by atoms with Crippen molar-refractivity contribution in [3.05, 3.63) is 30.3 Å². The Labute approximate surface area is 196 Å². The number of carbonyl (C=O) groups excluding carboxylic acids is 1. The van der Waals surface area contributed by atoms with Crippen molar-refractivity contribution in [3.63, 3.8) is 0 Å². The number of piperidine rings is 1. The zero-order valence-electron chi connectivity index (χ0n) is 20.0. The number of ether oxygens (including phenoxy) is 3. The molecule has 2 aliphatic heterocycles. The van der Waals surface area contributed by atoms with Crippen LogP contribution in [-0.2, 0) is 29.0 Å². The molecule has 2 aliphatic rings. The second kappa shape index (κ2) is 8.91. The molecule has 1 aromatic rings. The van der Waals surface area contributed by atoms with Gasteiger partial charge in [-0.1, -0.05) is 30.0 Å². The Hall–Kier alpha value is -1.13. The summed E-state index contributed by atoms with van der Waals surface area (Å²) in [5.74, 6) is -0.341. The molecule has 2 saturated heterocycles. The fourth-order valence-corrected chi connectivity index (χ4v) is 6.58. The zero-order valence-corrected chi connectivity index (χ0v) is 21.6. The Morgan fingerprint density at radius 3 is 2.31 bits per heavy atom. The lowest BCUT2D eigenvalue weighted by Gasteiger charge is -2.44. The van der Waals surface area contributed by atoms with Gasteiger partial charge in [-0.2, -0.15) is 4.31 Å². The van der Waals surface area contributed by atoms with Crippen LogP contribution in [-0.4, -0.2) is 66.9 Å². The van der Waals surface area contributed by atoms with Gasteiger partial charge in [-0.25, -0.2) is 8.42 Å². The highest BCUT2D eigenvalue weighted by Crippen LogP contribution is 2.48. The van der Waals surface area contributed by atoms with Gasteiger partial charge < -0.3 is 14.2 Å². The normalized spacial score (nSPS) is 29.5. The topological polar surface area (TPSA) is 82.1 Å². The summed E-state index contributed by atoms with van der Waals surface area (Å²) in [6.45, 7) is 10.9. The third-order valence-corrected chi connectivity index (χ3v) is 9.72. The molecular formula is C23H35NO6S2. The van der Waals surface area contributed by atoms with E-state index in [1.165, 1.54) is 16.1 Å². The Morgan fingerprint density at radius 2 is 1.78 bits per heavy atom. The molecule has 7 nitrogen and oxygen atoms in total.